The lowest BCUT2D eigenvalue weighted by molar-refractivity contribution is 0.758. The minimum absolute atomic E-state index is 0.884. The van der Waals surface area contributed by atoms with E-state index in [0.29, 0.717) is 0 Å². The third kappa shape index (κ3) is 1.37. The second kappa shape index (κ2) is 3.27. The van der Waals surface area contributed by atoms with Crippen molar-refractivity contribution in [3.05, 3.63) is 35.9 Å². The molecule has 0 saturated carbocycles. The van der Waals surface area contributed by atoms with E-state index < -0.39 is 0 Å². The van der Waals surface area contributed by atoms with E-state index >= 15 is 0 Å². The van der Waals surface area contributed by atoms with Crippen LogP contribution in [-0.4, -0.2) is 22.9 Å². The third-order valence-corrected chi connectivity index (χ3v) is 2.51. The van der Waals surface area contributed by atoms with Crippen molar-refractivity contribution in [2.24, 2.45) is 4.99 Å². The summed E-state index contributed by atoms with van der Waals surface area (Å²) in [6.45, 7) is 1.85. The first kappa shape index (κ1) is 7.80. The Labute approximate surface area is 80.3 Å². The molecule has 1 aromatic carbocycles. The summed E-state index contributed by atoms with van der Waals surface area (Å²) in [4.78, 5) is 4.38. The number of nitrogens with zero attached hydrogens (tertiary/aromatic N) is 2. The Hall–Kier alpha value is -0.830. The van der Waals surface area contributed by atoms with Gasteiger partial charge in [-0.15, -0.1) is 0 Å². The van der Waals surface area contributed by atoms with E-state index in [9.17, 15) is 0 Å². The molecule has 62 valence electrons. The highest BCUT2D eigenvalue weighted by Crippen LogP contribution is 2.13. The van der Waals surface area contributed by atoms with Crippen molar-refractivity contribution in [3.8, 4) is 0 Å². The van der Waals surface area contributed by atoms with Crippen molar-refractivity contribution < 1.29 is 0 Å². The van der Waals surface area contributed by atoms with Crippen molar-refractivity contribution in [1.29, 1.82) is 0 Å². The fourth-order valence-electron chi connectivity index (χ4n) is 1.24. The fourth-order valence-corrected chi connectivity index (χ4v) is 1.72. The van der Waals surface area contributed by atoms with E-state index in [-0.39, 0.29) is 0 Å². The first-order valence-electron chi connectivity index (χ1n) is 3.91. The number of rotatable bonds is 1. The van der Waals surface area contributed by atoms with Gasteiger partial charge in [-0.05, 0) is 0 Å². The van der Waals surface area contributed by atoms with E-state index in [4.69, 9.17) is 0 Å². The van der Waals surface area contributed by atoms with Crippen molar-refractivity contribution in [3.63, 3.8) is 0 Å². The zero-order valence-corrected chi connectivity index (χ0v) is 8.16. The average Bonchev–Trinajstić information content (AvgIpc) is 2.53. The number of aliphatic imine (C=N–C) groups is 1. The zero-order chi connectivity index (χ0) is 8.39. The normalized spacial score (nSPS) is 16.4. The van der Waals surface area contributed by atoms with Crippen LogP contribution in [0.4, 0.5) is 0 Å². The van der Waals surface area contributed by atoms with Gasteiger partial charge in [0.2, 0.25) is 0 Å². The van der Waals surface area contributed by atoms with Crippen LogP contribution in [0.3, 0.4) is 0 Å². The third-order valence-electron chi connectivity index (χ3n) is 1.82. The summed E-state index contributed by atoms with van der Waals surface area (Å²) in [6.07, 6.45) is 0. The molecule has 0 bridgehead atoms. The van der Waals surface area contributed by atoms with Crippen molar-refractivity contribution in [2.75, 3.05) is 13.1 Å². The molecule has 0 saturated heterocycles. The maximum absolute atomic E-state index is 4.38. The SMILES string of the molecule is BrN1CCN=C1c1ccccc1. The van der Waals surface area contributed by atoms with Crippen LogP contribution in [0, 0.1) is 0 Å². The van der Waals surface area contributed by atoms with Crippen molar-refractivity contribution >= 4 is 22.0 Å². The van der Waals surface area contributed by atoms with Crippen LogP contribution in [-0.2, 0) is 0 Å². The summed E-state index contributed by atoms with van der Waals surface area (Å²) in [5.41, 5.74) is 1.17. The summed E-state index contributed by atoms with van der Waals surface area (Å²) in [6, 6.07) is 10.2. The Kier molecular flexibility index (Phi) is 2.13. The second-order valence-electron chi connectivity index (χ2n) is 2.66. The van der Waals surface area contributed by atoms with Gasteiger partial charge in [-0.3, -0.25) is 8.92 Å². The standard InChI is InChI=1S/C9H9BrN2/c10-12-7-6-11-9(12)8-4-2-1-3-5-8/h1-5H,6-7H2. The molecule has 12 heavy (non-hydrogen) atoms. The molecule has 1 aromatic rings. The van der Waals surface area contributed by atoms with E-state index in [1.165, 1.54) is 5.56 Å². The van der Waals surface area contributed by atoms with Crippen LogP contribution in [0.25, 0.3) is 0 Å². The van der Waals surface area contributed by atoms with Gasteiger partial charge in [-0.1, -0.05) is 30.3 Å². The summed E-state index contributed by atoms with van der Waals surface area (Å²) in [5.74, 6) is 1.04. The zero-order valence-electron chi connectivity index (χ0n) is 6.57. The van der Waals surface area contributed by atoms with Gasteiger partial charge in [0.05, 0.1) is 29.2 Å². The van der Waals surface area contributed by atoms with Crippen LogP contribution < -0.4 is 0 Å². The summed E-state index contributed by atoms with van der Waals surface area (Å²) in [7, 11) is 0. The maximum atomic E-state index is 4.38. The number of benzene rings is 1. The first-order valence-corrected chi connectivity index (χ1v) is 4.62. The van der Waals surface area contributed by atoms with Crippen LogP contribution in [0.15, 0.2) is 35.3 Å². The fraction of sp³-hybridized carbons (Fsp3) is 0.222. The first-order chi connectivity index (χ1) is 5.88. The van der Waals surface area contributed by atoms with Gasteiger partial charge in [0.15, 0.2) is 0 Å². The second-order valence-corrected chi connectivity index (χ2v) is 3.51. The summed E-state index contributed by atoms with van der Waals surface area (Å²) in [5, 5.41) is 0. The Bertz CT molecular complexity index is 295. The maximum Gasteiger partial charge on any atom is 0.141 e. The predicted molar refractivity (Wildman–Crippen MR) is 53.5 cm³/mol. The monoisotopic (exact) mass is 224 g/mol. The van der Waals surface area contributed by atoms with Gasteiger partial charge in [0.1, 0.15) is 5.84 Å². The molecule has 0 atom stereocenters. The number of halogens is 1. The van der Waals surface area contributed by atoms with E-state index in [1.807, 2.05) is 22.1 Å². The number of amidine groups is 1. The Balaban J connectivity index is 2.31. The Morgan fingerprint density at radius 1 is 1.25 bits per heavy atom. The lowest BCUT2D eigenvalue weighted by atomic mass is 10.2. The number of hydrogen-bond donors (Lipinski definition) is 0. The highest BCUT2D eigenvalue weighted by Gasteiger charge is 2.14. The minimum atomic E-state index is 0.884. The van der Waals surface area contributed by atoms with Crippen LogP contribution >= 0.6 is 16.1 Å². The highest BCUT2D eigenvalue weighted by atomic mass is 79.9. The smallest absolute Gasteiger partial charge is 0.141 e. The molecule has 1 aliphatic heterocycles. The van der Waals surface area contributed by atoms with Crippen molar-refractivity contribution in [2.45, 2.75) is 0 Å². The largest absolute Gasteiger partial charge is 0.291 e. The lowest BCUT2D eigenvalue weighted by Gasteiger charge is -2.09. The molecule has 0 amide bonds. The lowest BCUT2D eigenvalue weighted by Crippen LogP contribution is -2.16. The molecular weight excluding hydrogens is 216 g/mol. The minimum Gasteiger partial charge on any atom is -0.291 e. The molecule has 3 heteroatoms. The molecule has 2 nitrogen and oxygen atoms in total. The van der Waals surface area contributed by atoms with E-state index in [2.05, 4.69) is 33.3 Å². The molecule has 2 rings (SSSR count). The van der Waals surface area contributed by atoms with Gasteiger partial charge >= 0.3 is 0 Å². The van der Waals surface area contributed by atoms with Gasteiger partial charge in [0, 0.05) is 5.56 Å². The van der Waals surface area contributed by atoms with E-state index in [1.54, 1.807) is 0 Å². The predicted octanol–water partition coefficient (Wildman–Crippen LogP) is 2.06. The van der Waals surface area contributed by atoms with Crippen LogP contribution in [0.5, 0.6) is 0 Å². The topological polar surface area (TPSA) is 15.6 Å². The van der Waals surface area contributed by atoms with Crippen LogP contribution in [0.1, 0.15) is 5.56 Å². The molecular formula is C9H9BrN2. The van der Waals surface area contributed by atoms with Crippen molar-refractivity contribution in [1.82, 2.24) is 3.93 Å². The van der Waals surface area contributed by atoms with Gasteiger partial charge < -0.3 is 0 Å². The molecule has 0 aliphatic carbocycles. The molecule has 0 aromatic heterocycles. The van der Waals surface area contributed by atoms with Crippen LogP contribution in [0.2, 0.25) is 0 Å². The highest BCUT2D eigenvalue weighted by molar-refractivity contribution is 9.07. The number of hydrogen-bond acceptors (Lipinski definition) is 2. The summed E-state index contributed by atoms with van der Waals surface area (Å²) < 4.78 is 2.00. The van der Waals surface area contributed by atoms with Gasteiger partial charge in [-0.25, -0.2) is 0 Å². The Morgan fingerprint density at radius 3 is 2.58 bits per heavy atom. The molecule has 0 spiro atoms. The summed E-state index contributed by atoms with van der Waals surface area (Å²) >= 11 is 3.44. The van der Waals surface area contributed by atoms with Gasteiger partial charge in [0.25, 0.3) is 0 Å². The Morgan fingerprint density at radius 2 is 2.00 bits per heavy atom. The molecule has 0 radical (unpaired) electrons. The molecule has 1 heterocycles. The quantitative estimate of drug-likeness (QED) is 0.668. The molecule has 1 aliphatic rings. The molecule has 0 fully saturated rings. The van der Waals surface area contributed by atoms with E-state index in [0.717, 1.165) is 18.9 Å². The molecule has 0 unspecified atom stereocenters. The average molecular weight is 225 g/mol. The molecule has 0 N–H and O–H groups in total. The van der Waals surface area contributed by atoms with Gasteiger partial charge in [-0.2, -0.15) is 0 Å².